The number of ether oxygens (including phenoxy) is 3. The molecule has 1 saturated heterocycles. The van der Waals surface area contributed by atoms with Crippen LogP contribution in [0.15, 0.2) is 36.4 Å². The lowest BCUT2D eigenvalue weighted by molar-refractivity contribution is 0.0486. The molecule has 4 rings (SSSR count). The molecule has 2 heterocycles. The predicted octanol–water partition coefficient (Wildman–Crippen LogP) is 3.64. The van der Waals surface area contributed by atoms with E-state index in [1.165, 1.54) is 18.2 Å². The Kier molecular flexibility index (Phi) is 5.23. The van der Waals surface area contributed by atoms with Crippen LogP contribution in [0.5, 0.6) is 11.5 Å². The van der Waals surface area contributed by atoms with Crippen molar-refractivity contribution in [3.63, 3.8) is 0 Å². The lowest BCUT2D eigenvalue weighted by Gasteiger charge is -2.38. The highest BCUT2D eigenvalue weighted by Crippen LogP contribution is 2.40. The van der Waals surface area contributed by atoms with Gasteiger partial charge in [0.2, 0.25) is 6.79 Å². The fraction of sp³-hybridized carbons (Fsp3) is 0.350. The van der Waals surface area contributed by atoms with Gasteiger partial charge in [-0.3, -0.25) is 4.79 Å². The number of benzene rings is 2. The number of amides is 1. The van der Waals surface area contributed by atoms with E-state index in [1.54, 1.807) is 0 Å². The lowest BCUT2D eigenvalue weighted by Crippen LogP contribution is -2.44. The quantitative estimate of drug-likeness (QED) is 0.676. The van der Waals surface area contributed by atoms with Crippen LogP contribution in [-0.4, -0.2) is 32.5 Å². The topological polar surface area (TPSA) is 56.8 Å². The van der Waals surface area contributed by atoms with Gasteiger partial charge < -0.3 is 19.5 Å². The number of hydrogen-bond donors (Lipinski definition) is 1. The van der Waals surface area contributed by atoms with Crippen molar-refractivity contribution in [1.82, 2.24) is 5.32 Å². The molecule has 1 N–H and O–H groups in total. The first-order chi connectivity index (χ1) is 13.1. The first-order valence-corrected chi connectivity index (χ1v) is 9.86. The number of carbonyl (C=O) groups excluding carboxylic acids is 1. The van der Waals surface area contributed by atoms with E-state index in [0.717, 1.165) is 29.9 Å². The average molecular weight is 483 g/mol. The summed E-state index contributed by atoms with van der Waals surface area (Å²) < 4.78 is 30.4. The number of rotatable bonds is 4. The third kappa shape index (κ3) is 3.75. The number of carbonyl (C=O) groups is 1. The fourth-order valence-corrected chi connectivity index (χ4v) is 4.30. The highest BCUT2D eigenvalue weighted by atomic mass is 127. The van der Waals surface area contributed by atoms with E-state index in [2.05, 4.69) is 5.32 Å². The zero-order valence-corrected chi connectivity index (χ0v) is 16.8. The van der Waals surface area contributed by atoms with Gasteiger partial charge in [0, 0.05) is 28.7 Å². The summed E-state index contributed by atoms with van der Waals surface area (Å²) in [6, 6.07) is 10.1. The predicted molar refractivity (Wildman–Crippen MR) is 106 cm³/mol. The molecule has 1 amide bonds. The largest absolute Gasteiger partial charge is 0.454 e. The summed E-state index contributed by atoms with van der Waals surface area (Å²) in [6.45, 7) is 1.98. The van der Waals surface area contributed by atoms with Gasteiger partial charge in [0.1, 0.15) is 5.82 Å². The van der Waals surface area contributed by atoms with Gasteiger partial charge in [0.05, 0.1) is 5.56 Å². The molecule has 1 fully saturated rings. The smallest absolute Gasteiger partial charge is 0.252 e. The standard InChI is InChI=1S/C20H19FINO4/c21-14-2-3-15(16(22)10-14)19(24)23-11-20(5-7-25-8-6-20)13-1-4-17-18(9-13)27-12-26-17/h1-4,9-10H,5-8,11-12H2,(H,23,24). The van der Waals surface area contributed by atoms with Crippen molar-refractivity contribution >= 4 is 28.5 Å². The summed E-state index contributed by atoms with van der Waals surface area (Å²) in [5.41, 5.74) is 1.34. The SMILES string of the molecule is O=C(NCC1(c2ccc3c(c2)OCO3)CCOCC1)c1ccc(F)cc1I. The molecule has 2 aromatic rings. The van der Waals surface area contributed by atoms with Crippen LogP contribution in [0.3, 0.4) is 0 Å². The molecule has 0 aromatic heterocycles. The first-order valence-electron chi connectivity index (χ1n) is 8.79. The molecule has 0 atom stereocenters. The van der Waals surface area contributed by atoms with Crippen molar-refractivity contribution in [2.75, 3.05) is 26.6 Å². The zero-order valence-electron chi connectivity index (χ0n) is 14.6. The van der Waals surface area contributed by atoms with E-state index < -0.39 is 0 Å². The first kappa shape index (κ1) is 18.5. The molecule has 5 nitrogen and oxygen atoms in total. The molecule has 7 heteroatoms. The second-order valence-corrected chi connectivity index (χ2v) is 7.93. The van der Waals surface area contributed by atoms with E-state index in [9.17, 15) is 9.18 Å². The maximum atomic E-state index is 13.3. The Morgan fingerprint density at radius 3 is 2.67 bits per heavy atom. The van der Waals surface area contributed by atoms with E-state index in [4.69, 9.17) is 14.2 Å². The Morgan fingerprint density at radius 2 is 1.89 bits per heavy atom. The second-order valence-electron chi connectivity index (χ2n) is 6.77. The Morgan fingerprint density at radius 1 is 1.11 bits per heavy atom. The van der Waals surface area contributed by atoms with Crippen LogP contribution in [-0.2, 0) is 10.2 Å². The molecule has 0 spiro atoms. The van der Waals surface area contributed by atoms with Gasteiger partial charge in [0.15, 0.2) is 11.5 Å². The molecule has 2 aliphatic rings. The van der Waals surface area contributed by atoms with E-state index in [-0.39, 0.29) is 23.9 Å². The summed E-state index contributed by atoms with van der Waals surface area (Å²) in [5.74, 6) is 0.923. The molecule has 142 valence electrons. The number of fused-ring (bicyclic) bond motifs is 1. The minimum atomic E-state index is -0.350. The fourth-order valence-electron chi connectivity index (χ4n) is 3.57. The van der Waals surface area contributed by atoms with Crippen LogP contribution in [0.2, 0.25) is 0 Å². The Balaban J connectivity index is 1.56. The molecular formula is C20H19FINO4. The van der Waals surface area contributed by atoms with Crippen LogP contribution in [0.1, 0.15) is 28.8 Å². The number of halogens is 2. The Labute approximate surface area is 170 Å². The van der Waals surface area contributed by atoms with Gasteiger partial charge in [-0.15, -0.1) is 0 Å². The average Bonchev–Trinajstić information content (AvgIpc) is 3.15. The maximum Gasteiger partial charge on any atom is 0.252 e. The summed E-state index contributed by atoms with van der Waals surface area (Å²) >= 11 is 1.98. The van der Waals surface area contributed by atoms with Gasteiger partial charge >= 0.3 is 0 Å². The summed E-state index contributed by atoms with van der Waals surface area (Å²) in [6.07, 6.45) is 1.60. The monoisotopic (exact) mass is 483 g/mol. The Bertz CT molecular complexity index is 867. The molecule has 2 aromatic carbocycles. The molecule has 0 bridgehead atoms. The highest BCUT2D eigenvalue weighted by Gasteiger charge is 2.36. The molecular weight excluding hydrogens is 464 g/mol. The molecule has 0 unspecified atom stereocenters. The van der Waals surface area contributed by atoms with E-state index in [0.29, 0.717) is 28.9 Å². The number of hydrogen-bond acceptors (Lipinski definition) is 4. The normalized spacial score (nSPS) is 17.6. The minimum absolute atomic E-state index is 0.203. The van der Waals surface area contributed by atoms with Crippen LogP contribution >= 0.6 is 22.6 Å². The second kappa shape index (κ2) is 7.63. The van der Waals surface area contributed by atoms with Gasteiger partial charge in [-0.1, -0.05) is 6.07 Å². The molecule has 2 aliphatic heterocycles. The van der Waals surface area contributed by atoms with Gasteiger partial charge in [-0.25, -0.2) is 4.39 Å². The van der Waals surface area contributed by atoms with Crippen molar-refractivity contribution < 1.29 is 23.4 Å². The molecule has 27 heavy (non-hydrogen) atoms. The van der Waals surface area contributed by atoms with Gasteiger partial charge in [-0.2, -0.15) is 0 Å². The third-order valence-electron chi connectivity index (χ3n) is 5.20. The van der Waals surface area contributed by atoms with Crippen molar-refractivity contribution in [3.8, 4) is 11.5 Å². The summed E-state index contributed by atoms with van der Waals surface area (Å²) in [4.78, 5) is 12.7. The number of nitrogens with one attached hydrogen (secondary N) is 1. The maximum absolute atomic E-state index is 13.3. The van der Waals surface area contributed by atoms with E-state index in [1.807, 2.05) is 40.8 Å². The van der Waals surface area contributed by atoms with Crippen LogP contribution in [0, 0.1) is 9.39 Å². The van der Waals surface area contributed by atoms with Crippen molar-refractivity contribution in [3.05, 3.63) is 56.9 Å². The minimum Gasteiger partial charge on any atom is -0.454 e. The highest BCUT2D eigenvalue weighted by molar-refractivity contribution is 14.1. The molecule has 0 saturated carbocycles. The van der Waals surface area contributed by atoms with Crippen molar-refractivity contribution in [1.29, 1.82) is 0 Å². The van der Waals surface area contributed by atoms with Crippen molar-refractivity contribution in [2.45, 2.75) is 18.3 Å². The van der Waals surface area contributed by atoms with Gasteiger partial charge in [0.25, 0.3) is 5.91 Å². The molecule has 0 radical (unpaired) electrons. The van der Waals surface area contributed by atoms with Crippen LogP contribution in [0.25, 0.3) is 0 Å². The van der Waals surface area contributed by atoms with E-state index >= 15 is 0 Å². The zero-order chi connectivity index (χ0) is 18.9. The van der Waals surface area contributed by atoms with Gasteiger partial charge in [-0.05, 0) is 71.3 Å². The van der Waals surface area contributed by atoms with Crippen LogP contribution in [0.4, 0.5) is 4.39 Å². The lowest BCUT2D eigenvalue weighted by atomic mass is 9.74. The summed E-state index contributed by atoms with van der Waals surface area (Å²) in [5, 5.41) is 3.04. The molecule has 0 aliphatic carbocycles. The van der Waals surface area contributed by atoms with Crippen LogP contribution < -0.4 is 14.8 Å². The Hall–Kier alpha value is -1.87. The summed E-state index contributed by atoms with van der Waals surface area (Å²) in [7, 11) is 0. The third-order valence-corrected chi connectivity index (χ3v) is 6.09. The van der Waals surface area contributed by atoms with Crippen molar-refractivity contribution in [2.24, 2.45) is 0 Å².